The number of carbonyl (C=O) groups excluding carboxylic acids is 2. The molecule has 0 radical (unpaired) electrons. The van der Waals surface area contributed by atoms with Crippen LogP contribution in [0.15, 0.2) is 53.6 Å². The number of alkyl carbamates (subject to hydrolysis) is 1. The predicted molar refractivity (Wildman–Crippen MR) is 124 cm³/mol. The number of amidine groups is 1. The smallest absolute Gasteiger partial charge is 0.408 e. The van der Waals surface area contributed by atoms with Gasteiger partial charge in [-0.3, -0.25) is 9.80 Å². The molecule has 2 heterocycles. The lowest BCUT2D eigenvalue weighted by Gasteiger charge is -2.48. The maximum Gasteiger partial charge on any atom is 0.408 e. The van der Waals surface area contributed by atoms with Gasteiger partial charge in [0.1, 0.15) is 30.0 Å². The Hall–Kier alpha value is -3.99. The van der Waals surface area contributed by atoms with Crippen molar-refractivity contribution in [2.45, 2.75) is 32.2 Å². The summed E-state index contributed by atoms with van der Waals surface area (Å²) in [6.45, 7) is 2.66. The molecule has 2 aromatic rings. The number of carbonyl (C=O) groups is 2. The van der Waals surface area contributed by atoms with Crippen LogP contribution >= 0.6 is 0 Å². The van der Waals surface area contributed by atoms with Crippen molar-refractivity contribution in [2.24, 2.45) is 5.10 Å². The van der Waals surface area contributed by atoms with Crippen LogP contribution in [0.1, 0.15) is 18.1 Å². The number of likely N-dealkylation sites (tertiary alicyclic amines) is 1. The van der Waals surface area contributed by atoms with Crippen LogP contribution in [0, 0.1) is 0 Å². The van der Waals surface area contributed by atoms with Crippen molar-refractivity contribution in [1.29, 1.82) is 0 Å². The number of nitrogens with zero attached hydrogens (tertiary/aromatic N) is 3. The van der Waals surface area contributed by atoms with Crippen LogP contribution in [0.5, 0.6) is 11.5 Å². The van der Waals surface area contributed by atoms with E-state index in [1.807, 2.05) is 49.4 Å². The van der Waals surface area contributed by atoms with Crippen molar-refractivity contribution < 1.29 is 23.8 Å². The Morgan fingerprint density at radius 3 is 2.62 bits per heavy atom. The number of hydrazone groups is 1. The zero-order valence-corrected chi connectivity index (χ0v) is 19.3. The zero-order valence-electron chi connectivity index (χ0n) is 19.3. The van der Waals surface area contributed by atoms with Gasteiger partial charge in [-0.25, -0.2) is 10.3 Å². The van der Waals surface area contributed by atoms with Gasteiger partial charge in [0, 0.05) is 18.2 Å². The second kappa shape index (κ2) is 10.3. The molecular weight excluding hydrogens is 440 g/mol. The summed E-state index contributed by atoms with van der Waals surface area (Å²) in [5.74, 6) is 1.78. The van der Waals surface area contributed by atoms with Gasteiger partial charge in [0.15, 0.2) is 0 Å². The molecule has 4 rings (SSSR count). The highest BCUT2D eigenvalue weighted by molar-refractivity contribution is 5.92. The van der Waals surface area contributed by atoms with Crippen LogP contribution < -0.4 is 25.9 Å². The molecule has 0 bridgehead atoms. The van der Waals surface area contributed by atoms with Crippen molar-refractivity contribution in [1.82, 2.24) is 26.3 Å². The van der Waals surface area contributed by atoms with Gasteiger partial charge in [0.05, 0.1) is 26.8 Å². The van der Waals surface area contributed by atoms with Crippen LogP contribution in [-0.4, -0.2) is 60.6 Å². The number of nitrogens with one attached hydrogen (secondary N) is 3. The molecule has 34 heavy (non-hydrogen) atoms. The first kappa shape index (κ1) is 23.2. The van der Waals surface area contributed by atoms with E-state index in [2.05, 4.69) is 21.5 Å². The van der Waals surface area contributed by atoms with Crippen LogP contribution in [-0.2, 0) is 22.7 Å². The van der Waals surface area contributed by atoms with Gasteiger partial charge >= 0.3 is 6.09 Å². The van der Waals surface area contributed by atoms with Crippen molar-refractivity contribution in [2.75, 3.05) is 20.8 Å². The number of β-lactam (4-membered cyclic amide) rings is 1. The molecule has 0 aliphatic carbocycles. The molecule has 1 saturated heterocycles. The number of hydrazine groups is 2. The highest BCUT2D eigenvalue weighted by Gasteiger charge is 2.49. The Balaban J connectivity index is 1.45. The Bertz CT molecular complexity index is 1060. The van der Waals surface area contributed by atoms with Crippen molar-refractivity contribution in [3.05, 3.63) is 59.7 Å². The SMILES string of the molecule is COc1ccc(CN2C(=O)[C@@H](NC(=O)OCc3ccccc3)[C@H]2CN2NNN=C2C)c(OC)c1. The van der Waals surface area contributed by atoms with E-state index in [4.69, 9.17) is 14.2 Å². The minimum atomic E-state index is -0.734. The fraction of sp³-hybridized carbons (Fsp3) is 0.348. The molecule has 11 heteroatoms. The third-order valence-corrected chi connectivity index (χ3v) is 5.82. The van der Waals surface area contributed by atoms with Crippen LogP contribution in [0.2, 0.25) is 0 Å². The largest absolute Gasteiger partial charge is 0.497 e. The molecule has 0 unspecified atom stereocenters. The van der Waals surface area contributed by atoms with Gasteiger partial charge in [0.2, 0.25) is 5.91 Å². The first-order chi connectivity index (χ1) is 16.5. The summed E-state index contributed by atoms with van der Waals surface area (Å²) in [5.41, 5.74) is 7.30. The van der Waals surface area contributed by atoms with Gasteiger partial charge < -0.3 is 24.4 Å². The molecule has 1 fully saturated rings. The third kappa shape index (κ3) is 4.99. The summed E-state index contributed by atoms with van der Waals surface area (Å²) in [4.78, 5) is 27.2. The molecule has 2 aromatic carbocycles. The summed E-state index contributed by atoms with van der Waals surface area (Å²) in [5, 5.41) is 8.58. The van der Waals surface area contributed by atoms with E-state index in [1.54, 1.807) is 30.2 Å². The number of amides is 2. The Morgan fingerprint density at radius 1 is 1.15 bits per heavy atom. The Kier molecular flexibility index (Phi) is 7.02. The van der Waals surface area contributed by atoms with Gasteiger partial charge in [-0.15, -0.1) is 10.6 Å². The fourth-order valence-electron chi connectivity index (χ4n) is 3.89. The molecular formula is C23H28N6O5. The summed E-state index contributed by atoms with van der Waals surface area (Å²) in [6, 6.07) is 13.7. The number of methoxy groups -OCH3 is 2. The lowest BCUT2D eigenvalue weighted by molar-refractivity contribution is -0.153. The van der Waals surface area contributed by atoms with E-state index in [1.165, 1.54) is 0 Å². The molecule has 2 amide bonds. The molecule has 2 aliphatic rings. The predicted octanol–water partition coefficient (Wildman–Crippen LogP) is 1.37. The second-order valence-corrected chi connectivity index (χ2v) is 7.89. The van der Waals surface area contributed by atoms with E-state index >= 15 is 0 Å². The average molecular weight is 469 g/mol. The molecule has 0 saturated carbocycles. The van der Waals surface area contributed by atoms with E-state index < -0.39 is 12.1 Å². The molecule has 2 atom stereocenters. The monoisotopic (exact) mass is 468 g/mol. The van der Waals surface area contributed by atoms with E-state index in [-0.39, 0.29) is 18.6 Å². The molecule has 11 nitrogen and oxygen atoms in total. The molecule has 0 aromatic heterocycles. The number of hydrogen-bond acceptors (Lipinski definition) is 9. The first-order valence-electron chi connectivity index (χ1n) is 10.8. The van der Waals surface area contributed by atoms with Gasteiger partial charge in [-0.1, -0.05) is 30.3 Å². The Labute approximate surface area is 197 Å². The van der Waals surface area contributed by atoms with E-state index in [0.717, 1.165) is 11.1 Å². The average Bonchev–Trinajstić information content (AvgIpc) is 3.28. The number of ether oxygens (including phenoxy) is 3. The van der Waals surface area contributed by atoms with E-state index in [0.29, 0.717) is 30.4 Å². The quantitative estimate of drug-likeness (QED) is 0.473. The van der Waals surface area contributed by atoms with Crippen molar-refractivity contribution in [3.63, 3.8) is 0 Å². The maximum absolute atomic E-state index is 13.1. The minimum absolute atomic E-state index is 0.119. The summed E-state index contributed by atoms with van der Waals surface area (Å²) < 4.78 is 16.1. The third-order valence-electron chi connectivity index (χ3n) is 5.82. The topological polar surface area (TPSA) is 117 Å². The number of hydrogen-bond donors (Lipinski definition) is 3. The molecule has 3 N–H and O–H groups in total. The van der Waals surface area contributed by atoms with Gasteiger partial charge in [-0.2, -0.15) is 0 Å². The summed E-state index contributed by atoms with van der Waals surface area (Å²) in [7, 11) is 3.15. The maximum atomic E-state index is 13.1. The number of benzene rings is 2. The Morgan fingerprint density at radius 2 is 1.94 bits per heavy atom. The van der Waals surface area contributed by atoms with Crippen LogP contribution in [0.25, 0.3) is 0 Å². The normalized spacial score (nSPS) is 19.1. The summed E-state index contributed by atoms with van der Waals surface area (Å²) in [6.07, 6.45) is -0.647. The van der Waals surface area contributed by atoms with Crippen molar-refractivity contribution >= 4 is 17.8 Å². The zero-order chi connectivity index (χ0) is 24.1. The highest BCUT2D eigenvalue weighted by Crippen LogP contribution is 2.30. The molecule has 0 spiro atoms. The molecule has 2 aliphatic heterocycles. The van der Waals surface area contributed by atoms with Gasteiger partial charge in [-0.05, 0) is 24.6 Å². The lowest BCUT2D eigenvalue weighted by atomic mass is 9.93. The second-order valence-electron chi connectivity index (χ2n) is 7.89. The summed E-state index contributed by atoms with van der Waals surface area (Å²) >= 11 is 0. The lowest BCUT2D eigenvalue weighted by Crippen LogP contribution is -2.73. The van der Waals surface area contributed by atoms with Gasteiger partial charge in [0.25, 0.3) is 0 Å². The first-order valence-corrected chi connectivity index (χ1v) is 10.8. The fourth-order valence-corrected chi connectivity index (χ4v) is 3.89. The minimum Gasteiger partial charge on any atom is -0.497 e. The van der Waals surface area contributed by atoms with E-state index in [9.17, 15) is 9.59 Å². The highest BCUT2D eigenvalue weighted by atomic mass is 16.5. The standard InChI is InChI=1S/C23H28N6O5/c1-15-25-26-27-29(15)13-19-21(24-23(31)34-14-16-7-5-4-6-8-16)22(30)28(19)12-17-9-10-18(32-2)11-20(17)33-3/h4-11,19,21,26-27H,12-14H2,1-3H3,(H,24,31)/t19-,21+/m1/s1. The van der Waals surface area contributed by atoms with Crippen LogP contribution in [0.4, 0.5) is 4.79 Å². The molecule has 180 valence electrons. The van der Waals surface area contributed by atoms with Crippen LogP contribution in [0.3, 0.4) is 0 Å². The van der Waals surface area contributed by atoms with Crippen molar-refractivity contribution in [3.8, 4) is 11.5 Å². The number of rotatable bonds is 9.